The molecule has 0 bridgehead atoms. The molecular formula is C55H36N2S. The third-order valence-electron chi connectivity index (χ3n) is 12.5. The Morgan fingerprint density at radius 2 is 0.879 bits per heavy atom. The smallest absolute Gasteiger partial charge is 0.0979 e. The van der Waals surface area contributed by atoms with Crippen molar-refractivity contribution in [2.75, 3.05) is 0 Å². The Morgan fingerprint density at radius 3 is 1.57 bits per heavy atom. The van der Waals surface area contributed by atoms with Crippen molar-refractivity contribution >= 4 is 64.1 Å². The van der Waals surface area contributed by atoms with Gasteiger partial charge in [0.2, 0.25) is 0 Å². The van der Waals surface area contributed by atoms with E-state index in [0.717, 1.165) is 33.1 Å². The first-order valence-corrected chi connectivity index (χ1v) is 20.8. The zero-order chi connectivity index (χ0) is 38.5. The van der Waals surface area contributed by atoms with Crippen LogP contribution in [0.1, 0.15) is 25.0 Å². The first kappa shape index (κ1) is 33.2. The zero-order valence-electron chi connectivity index (χ0n) is 32.1. The van der Waals surface area contributed by atoms with E-state index in [9.17, 15) is 0 Å². The lowest BCUT2D eigenvalue weighted by molar-refractivity contribution is 0.661. The molecule has 0 saturated heterocycles. The van der Waals surface area contributed by atoms with Crippen LogP contribution in [0.2, 0.25) is 0 Å². The number of aromatic nitrogens is 2. The summed E-state index contributed by atoms with van der Waals surface area (Å²) in [6.45, 7) is 4.74. The molecular weight excluding hydrogens is 721 g/mol. The summed E-state index contributed by atoms with van der Waals surface area (Å²) in [6.07, 6.45) is 1.92. The van der Waals surface area contributed by atoms with Gasteiger partial charge in [-0.2, -0.15) is 0 Å². The third kappa shape index (κ3) is 5.03. The van der Waals surface area contributed by atoms with Gasteiger partial charge in [-0.15, -0.1) is 11.3 Å². The number of rotatable bonds is 4. The third-order valence-corrected chi connectivity index (χ3v) is 13.7. The summed E-state index contributed by atoms with van der Waals surface area (Å²) in [6, 6.07) is 64.6. The zero-order valence-corrected chi connectivity index (χ0v) is 32.9. The fraction of sp³-hybridized carbons (Fsp3) is 0.0545. The van der Waals surface area contributed by atoms with Crippen LogP contribution in [0.15, 0.2) is 182 Å². The van der Waals surface area contributed by atoms with Crippen LogP contribution in [0.5, 0.6) is 0 Å². The maximum atomic E-state index is 5.22. The largest absolute Gasteiger partial charge is 0.252 e. The van der Waals surface area contributed by atoms with Crippen LogP contribution in [0.3, 0.4) is 0 Å². The maximum Gasteiger partial charge on any atom is 0.0979 e. The monoisotopic (exact) mass is 756 g/mol. The Bertz CT molecular complexity index is 3450. The van der Waals surface area contributed by atoms with Gasteiger partial charge >= 0.3 is 0 Å². The molecule has 0 N–H and O–H groups in total. The van der Waals surface area contributed by atoms with Gasteiger partial charge in [-0.05, 0) is 103 Å². The normalized spacial score (nSPS) is 13.1. The number of benzene rings is 9. The van der Waals surface area contributed by atoms with E-state index in [4.69, 9.17) is 9.97 Å². The second-order valence-corrected chi connectivity index (χ2v) is 17.2. The predicted octanol–water partition coefficient (Wildman–Crippen LogP) is 15.3. The van der Waals surface area contributed by atoms with E-state index < -0.39 is 0 Å². The second kappa shape index (κ2) is 12.5. The molecule has 0 saturated carbocycles. The van der Waals surface area contributed by atoms with Crippen LogP contribution in [0.25, 0.3) is 109 Å². The molecule has 0 atom stereocenters. The van der Waals surface area contributed by atoms with Crippen molar-refractivity contribution in [2.45, 2.75) is 19.3 Å². The van der Waals surface area contributed by atoms with Crippen LogP contribution < -0.4 is 0 Å². The van der Waals surface area contributed by atoms with Crippen LogP contribution in [0.4, 0.5) is 0 Å². The van der Waals surface area contributed by atoms with E-state index in [-0.39, 0.29) is 5.41 Å². The van der Waals surface area contributed by atoms with Gasteiger partial charge in [0.05, 0.1) is 22.9 Å². The van der Waals surface area contributed by atoms with Crippen molar-refractivity contribution in [3.05, 3.63) is 193 Å². The molecule has 9 aromatic carbocycles. The summed E-state index contributed by atoms with van der Waals surface area (Å²) < 4.78 is 2.67. The number of thiophene rings is 1. The van der Waals surface area contributed by atoms with Crippen molar-refractivity contribution in [3.63, 3.8) is 0 Å². The van der Waals surface area contributed by atoms with Gasteiger partial charge in [0, 0.05) is 41.9 Å². The first-order chi connectivity index (χ1) is 28.5. The van der Waals surface area contributed by atoms with E-state index >= 15 is 0 Å². The lowest BCUT2D eigenvalue weighted by Gasteiger charge is -2.22. The molecule has 12 rings (SSSR count). The van der Waals surface area contributed by atoms with Gasteiger partial charge in [0.15, 0.2) is 0 Å². The highest BCUT2D eigenvalue weighted by Gasteiger charge is 2.36. The maximum absolute atomic E-state index is 5.22. The van der Waals surface area contributed by atoms with Crippen LogP contribution in [-0.4, -0.2) is 9.97 Å². The SMILES string of the molecule is CC1(C)c2cc(-c3ccc(-c4cnc5c6ccccc6c6ccccc6c5n4)cc3)ccc2-c2ccc(-c3cccc(-c4ccc5sc6ccccc6c5c4)c3)cc21. The molecule has 0 unspecified atom stereocenters. The average molecular weight is 757 g/mol. The average Bonchev–Trinajstić information content (AvgIpc) is 3.77. The Hall–Kier alpha value is -6.94. The molecule has 2 heterocycles. The molecule has 0 radical (unpaired) electrons. The van der Waals surface area contributed by atoms with E-state index in [1.165, 1.54) is 86.6 Å². The van der Waals surface area contributed by atoms with E-state index in [1.807, 2.05) is 17.5 Å². The Balaban J connectivity index is 0.856. The number of nitrogens with zero attached hydrogens (tertiary/aromatic N) is 2. The standard InChI is InChI=1S/C55H36N2S/c1-55(2)48-30-38(33-18-20-34(21-19-33)50-32-56-53-45-15-5-3-12-40(45)41-13-4-6-16-46(41)54(53)57-50)22-25-42(48)43-26-23-39(31-49(43)55)36-11-9-10-35(28-36)37-24-27-52-47(29-37)44-14-7-8-17-51(44)58-52/h3-32H,1-2H3. The molecule has 0 aliphatic heterocycles. The van der Waals surface area contributed by atoms with Crippen molar-refractivity contribution in [3.8, 4) is 55.8 Å². The van der Waals surface area contributed by atoms with Crippen molar-refractivity contribution in [2.24, 2.45) is 0 Å². The van der Waals surface area contributed by atoms with Gasteiger partial charge in [-0.3, -0.25) is 4.98 Å². The van der Waals surface area contributed by atoms with Gasteiger partial charge in [-0.25, -0.2) is 4.98 Å². The molecule has 0 spiro atoms. The first-order valence-electron chi connectivity index (χ1n) is 20.0. The van der Waals surface area contributed by atoms with Crippen LogP contribution in [0, 0.1) is 0 Å². The van der Waals surface area contributed by atoms with Gasteiger partial charge < -0.3 is 0 Å². The highest BCUT2D eigenvalue weighted by Crippen LogP contribution is 2.51. The number of fused-ring (bicyclic) bond motifs is 12. The summed E-state index contributed by atoms with van der Waals surface area (Å²) in [5.41, 5.74) is 16.4. The fourth-order valence-electron chi connectivity index (χ4n) is 9.48. The van der Waals surface area contributed by atoms with Crippen LogP contribution in [-0.2, 0) is 5.41 Å². The molecule has 58 heavy (non-hydrogen) atoms. The lowest BCUT2D eigenvalue weighted by Crippen LogP contribution is -2.15. The Kier molecular flexibility index (Phi) is 7.18. The molecule has 11 aromatic rings. The quantitative estimate of drug-likeness (QED) is 0.167. The number of hydrogen-bond acceptors (Lipinski definition) is 3. The molecule has 2 nitrogen and oxygen atoms in total. The summed E-state index contributed by atoms with van der Waals surface area (Å²) in [5.74, 6) is 0. The van der Waals surface area contributed by atoms with Crippen molar-refractivity contribution in [1.29, 1.82) is 0 Å². The second-order valence-electron chi connectivity index (χ2n) is 16.2. The fourth-order valence-corrected chi connectivity index (χ4v) is 10.6. The van der Waals surface area contributed by atoms with E-state index in [2.05, 4.69) is 190 Å². The Morgan fingerprint density at radius 1 is 0.379 bits per heavy atom. The molecule has 1 aliphatic rings. The topological polar surface area (TPSA) is 25.8 Å². The van der Waals surface area contributed by atoms with Gasteiger partial charge in [-0.1, -0.05) is 153 Å². The molecule has 0 fully saturated rings. The summed E-state index contributed by atoms with van der Waals surface area (Å²) in [7, 11) is 0. The van der Waals surface area contributed by atoms with Crippen LogP contribution >= 0.6 is 11.3 Å². The summed E-state index contributed by atoms with van der Waals surface area (Å²) in [4.78, 5) is 10.2. The highest BCUT2D eigenvalue weighted by atomic mass is 32.1. The van der Waals surface area contributed by atoms with Gasteiger partial charge in [0.1, 0.15) is 0 Å². The summed E-state index contributed by atoms with van der Waals surface area (Å²) >= 11 is 1.87. The molecule has 1 aliphatic carbocycles. The minimum atomic E-state index is -0.146. The van der Waals surface area contributed by atoms with E-state index in [1.54, 1.807) is 0 Å². The molecule has 3 heteroatoms. The Labute approximate surface area is 340 Å². The lowest BCUT2D eigenvalue weighted by atomic mass is 9.80. The minimum Gasteiger partial charge on any atom is -0.252 e. The molecule has 2 aromatic heterocycles. The van der Waals surface area contributed by atoms with Crippen molar-refractivity contribution in [1.82, 2.24) is 9.97 Å². The predicted molar refractivity (Wildman–Crippen MR) is 247 cm³/mol. The van der Waals surface area contributed by atoms with Gasteiger partial charge in [0.25, 0.3) is 0 Å². The minimum absolute atomic E-state index is 0.146. The summed E-state index contributed by atoms with van der Waals surface area (Å²) in [5, 5.41) is 7.34. The van der Waals surface area contributed by atoms with Crippen molar-refractivity contribution < 1.29 is 0 Å². The number of hydrogen-bond donors (Lipinski definition) is 0. The molecule has 0 amide bonds. The van der Waals surface area contributed by atoms with E-state index in [0.29, 0.717) is 0 Å². The highest BCUT2D eigenvalue weighted by molar-refractivity contribution is 7.25. The molecule has 272 valence electrons.